The van der Waals surface area contributed by atoms with E-state index in [0.717, 1.165) is 16.0 Å². The normalized spacial score (nSPS) is 12.6. The summed E-state index contributed by atoms with van der Waals surface area (Å²) in [4.78, 5) is 0. The maximum atomic E-state index is 10.2. The fraction of sp³-hybridized carbons (Fsp3) is 1.00. The Kier molecular flexibility index (Phi) is 20.8. The van der Waals surface area contributed by atoms with E-state index in [1.54, 1.807) is 0 Å². The summed E-state index contributed by atoms with van der Waals surface area (Å²) in [5, 5.41) is 0. The van der Waals surface area contributed by atoms with Crippen LogP contribution in [0.4, 0.5) is 0 Å². The summed E-state index contributed by atoms with van der Waals surface area (Å²) in [7, 11) is -4.23. The molecule has 22 heavy (non-hydrogen) atoms. The van der Waals surface area contributed by atoms with Crippen LogP contribution in [0.3, 0.4) is 0 Å². The maximum absolute atomic E-state index is 10.2. The SMILES string of the molecule is CCCCCCCCCCOS(=O)(=O)O.CCCC[CH](C)[Na]. The van der Waals surface area contributed by atoms with Gasteiger partial charge in [0.2, 0.25) is 0 Å². The summed E-state index contributed by atoms with van der Waals surface area (Å²) in [6.45, 7) is 6.87. The number of hydrogen-bond acceptors (Lipinski definition) is 3. The molecule has 0 radical (unpaired) electrons. The van der Waals surface area contributed by atoms with Gasteiger partial charge in [0, 0.05) is 0 Å². The molecule has 0 bridgehead atoms. The second kappa shape index (κ2) is 18.2. The van der Waals surface area contributed by atoms with E-state index < -0.39 is 10.4 Å². The van der Waals surface area contributed by atoms with E-state index in [9.17, 15) is 8.42 Å². The van der Waals surface area contributed by atoms with Crippen molar-refractivity contribution in [2.75, 3.05) is 6.61 Å². The summed E-state index contributed by atoms with van der Waals surface area (Å²) in [6, 6.07) is 0. The molecule has 4 nitrogen and oxygen atoms in total. The zero-order valence-electron chi connectivity index (χ0n) is 15.1. The predicted octanol–water partition coefficient (Wildman–Crippen LogP) is 5.10. The third-order valence-electron chi connectivity index (χ3n) is 3.37. The fourth-order valence-electron chi connectivity index (χ4n) is 2.01. The van der Waals surface area contributed by atoms with E-state index in [0.29, 0.717) is 6.42 Å². The molecule has 0 fully saturated rings. The quantitative estimate of drug-likeness (QED) is 0.286. The van der Waals surface area contributed by atoms with Crippen molar-refractivity contribution in [3.05, 3.63) is 0 Å². The first-order valence-corrected chi connectivity index (χ1v) is 11.5. The van der Waals surface area contributed by atoms with Crippen molar-refractivity contribution in [3.8, 4) is 0 Å². The van der Waals surface area contributed by atoms with E-state index in [1.807, 2.05) is 0 Å². The van der Waals surface area contributed by atoms with Crippen molar-refractivity contribution in [2.24, 2.45) is 0 Å². The number of hydrogen-bond donors (Lipinski definition) is 1. The van der Waals surface area contributed by atoms with Crippen LogP contribution in [-0.4, -0.2) is 47.5 Å². The van der Waals surface area contributed by atoms with Gasteiger partial charge >= 0.3 is 74.6 Å². The first-order valence-electron chi connectivity index (χ1n) is 8.95. The van der Waals surface area contributed by atoms with Crippen LogP contribution in [0.2, 0.25) is 3.17 Å². The van der Waals surface area contributed by atoms with Gasteiger partial charge in [0.25, 0.3) is 0 Å². The van der Waals surface area contributed by atoms with Gasteiger partial charge in [-0.05, 0) is 6.42 Å². The summed E-state index contributed by atoms with van der Waals surface area (Å²) in [5.74, 6) is 0. The molecule has 0 heterocycles. The molecule has 1 atom stereocenters. The molecule has 0 rings (SSSR count). The van der Waals surface area contributed by atoms with Crippen LogP contribution in [0, 0.1) is 0 Å². The molecule has 0 aliphatic heterocycles. The Morgan fingerprint density at radius 1 is 0.909 bits per heavy atom. The van der Waals surface area contributed by atoms with Crippen molar-refractivity contribution in [3.63, 3.8) is 0 Å². The van der Waals surface area contributed by atoms with Crippen LogP contribution in [0.15, 0.2) is 0 Å². The summed E-state index contributed by atoms with van der Waals surface area (Å²) >= 11 is 1.38. The van der Waals surface area contributed by atoms with Gasteiger partial charge < -0.3 is 0 Å². The molecule has 6 heteroatoms. The van der Waals surface area contributed by atoms with Gasteiger partial charge in [0.05, 0.1) is 6.61 Å². The Morgan fingerprint density at radius 3 is 1.73 bits per heavy atom. The van der Waals surface area contributed by atoms with Crippen LogP contribution in [0.1, 0.15) is 91.4 Å². The molecular formula is C16H35NaO4S. The topological polar surface area (TPSA) is 63.6 Å². The van der Waals surface area contributed by atoms with Gasteiger partial charge in [-0.1, -0.05) is 51.9 Å². The van der Waals surface area contributed by atoms with Crippen molar-refractivity contribution in [1.82, 2.24) is 0 Å². The predicted molar refractivity (Wildman–Crippen MR) is 94.8 cm³/mol. The van der Waals surface area contributed by atoms with Crippen LogP contribution < -0.4 is 0 Å². The van der Waals surface area contributed by atoms with Gasteiger partial charge in [0.1, 0.15) is 0 Å². The fourth-order valence-corrected chi connectivity index (χ4v) is 2.75. The third kappa shape index (κ3) is 29.0. The van der Waals surface area contributed by atoms with E-state index >= 15 is 0 Å². The van der Waals surface area contributed by atoms with E-state index in [1.165, 1.54) is 79.3 Å². The van der Waals surface area contributed by atoms with Crippen molar-refractivity contribution >= 4 is 38.3 Å². The van der Waals surface area contributed by atoms with Crippen molar-refractivity contribution in [2.45, 2.75) is 94.6 Å². The number of rotatable bonds is 13. The minimum absolute atomic E-state index is 0.0911. The standard InChI is InChI=1S/C10H22O4S.C6H13.Na/c1-2-3-4-5-6-7-8-9-10-14-15(11,12)13;1-3-5-6-4-2;/h2-10H2,1H3,(H,11,12,13);3H,4-6H2,1-2H3;. The molecule has 0 aromatic heterocycles. The van der Waals surface area contributed by atoms with Gasteiger partial charge in [-0.2, -0.15) is 8.42 Å². The van der Waals surface area contributed by atoms with Gasteiger partial charge in [0.15, 0.2) is 0 Å². The summed E-state index contributed by atoms with van der Waals surface area (Å²) in [6.07, 6.45) is 13.3. The number of unbranched alkanes of at least 4 members (excludes halogenated alkanes) is 8. The van der Waals surface area contributed by atoms with Gasteiger partial charge in [-0.25, -0.2) is 4.18 Å². The molecule has 0 spiro atoms. The average molecular weight is 347 g/mol. The zero-order chi connectivity index (χ0) is 17.3. The molecule has 0 aromatic rings. The van der Waals surface area contributed by atoms with E-state index in [4.69, 9.17) is 4.55 Å². The van der Waals surface area contributed by atoms with E-state index in [-0.39, 0.29) is 6.61 Å². The summed E-state index contributed by atoms with van der Waals surface area (Å²) < 4.78 is 33.9. The van der Waals surface area contributed by atoms with Crippen LogP contribution in [-0.2, 0) is 14.6 Å². The molecule has 0 saturated carbocycles. The third-order valence-corrected chi connectivity index (χ3v) is 4.41. The monoisotopic (exact) mass is 346 g/mol. The van der Waals surface area contributed by atoms with Crippen molar-refractivity contribution < 1.29 is 17.2 Å². The van der Waals surface area contributed by atoms with Crippen molar-refractivity contribution in [1.29, 1.82) is 0 Å². The first kappa shape index (κ1) is 25.1. The minimum atomic E-state index is -4.23. The second-order valence-corrected chi connectivity index (χ2v) is 9.32. The Bertz CT molecular complexity index is 305. The molecule has 0 aliphatic carbocycles. The zero-order valence-corrected chi connectivity index (χ0v) is 18.0. The average Bonchev–Trinajstić information content (AvgIpc) is 2.43. The van der Waals surface area contributed by atoms with Crippen LogP contribution in [0.5, 0.6) is 0 Å². The van der Waals surface area contributed by atoms with E-state index in [2.05, 4.69) is 25.0 Å². The van der Waals surface area contributed by atoms with Crippen LogP contribution >= 0.6 is 0 Å². The molecule has 0 aromatic carbocycles. The molecule has 0 amide bonds. The van der Waals surface area contributed by atoms with Gasteiger partial charge in [-0.15, -0.1) is 0 Å². The first-order chi connectivity index (χ1) is 10.3. The Labute approximate surface area is 156 Å². The summed E-state index contributed by atoms with van der Waals surface area (Å²) in [5.41, 5.74) is 0. The molecule has 130 valence electrons. The Balaban J connectivity index is 0. The molecule has 1 unspecified atom stereocenters. The second-order valence-electron chi connectivity index (χ2n) is 6.26. The Morgan fingerprint density at radius 2 is 1.36 bits per heavy atom. The molecule has 0 saturated heterocycles. The Hall–Kier alpha value is 0.870. The van der Waals surface area contributed by atoms with Gasteiger partial charge in [-0.3, -0.25) is 4.55 Å². The molecule has 1 N–H and O–H groups in total. The molecular weight excluding hydrogens is 311 g/mol. The molecule has 0 aliphatic rings. The van der Waals surface area contributed by atoms with Crippen LogP contribution in [0.25, 0.3) is 0 Å².